The topological polar surface area (TPSA) is 44.8 Å². The molecule has 0 aromatic carbocycles. The molecule has 120 valence electrons. The highest BCUT2D eigenvalue weighted by molar-refractivity contribution is 5.71. The molecule has 0 unspecified atom stereocenters. The van der Waals surface area contributed by atoms with Crippen LogP contribution >= 0.6 is 0 Å². The summed E-state index contributed by atoms with van der Waals surface area (Å²) in [6.07, 6.45) is 7.58. The van der Waals surface area contributed by atoms with Crippen LogP contribution in [0.5, 0.6) is 0 Å². The van der Waals surface area contributed by atoms with Crippen LogP contribution in [0.25, 0.3) is 0 Å². The van der Waals surface area contributed by atoms with Crippen LogP contribution in [0, 0.1) is 0 Å². The molecule has 0 amide bonds. The Labute approximate surface area is 124 Å². The molecular formula is C16H32O4. The maximum atomic E-state index is 11.3. The molecule has 0 N–H and O–H groups in total. The molecule has 4 nitrogen and oxygen atoms in total. The van der Waals surface area contributed by atoms with Crippen LogP contribution in [0.3, 0.4) is 0 Å². The van der Waals surface area contributed by atoms with Gasteiger partial charge in [0.05, 0.1) is 13.2 Å². The normalized spacial score (nSPS) is 11.6. The Balaban J connectivity index is 3.19. The van der Waals surface area contributed by atoms with Gasteiger partial charge in [0.2, 0.25) is 0 Å². The van der Waals surface area contributed by atoms with Gasteiger partial charge in [-0.15, -0.1) is 0 Å². The number of rotatable bonds is 12. The number of unbranched alkanes of at least 4 members (excludes halogenated alkanes) is 5. The fraction of sp³-hybridized carbons (Fsp3) is 0.938. The number of carbonyl (C=O) groups excluding carboxylic acids is 1. The minimum atomic E-state index is -0.450. The number of ether oxygens (including phenoxy) is 3. The molecule has 0 radical (unpaired) electrons. The van der Waals surface area contributed by atoms with E-state index in [0.29, 0.717) is 13.2 Å². The quantitative estimate of drug-likeness (QED) is 0.405. The van der Waals surface area contributed by atoms with Crippen LogP contribution in [-0.2, 0) is 19.0 Å². The van der Waals surface area contributed by atoms with E-state index in [1.807, 2.05) is 20.8 Å². The lowest BCUT2D eigenvalue weighted by atomic mass is 10.1. The van der Waals surface area contributed by atoms with Crippen LogP contribution < -0.4 is 0 Å². The lowest BCUT2D eigenvalue weighted by Crippen LogP contribution is -2.27. The van der Waals surface area contributed by atoms with Gasteiger partial charge in [-0.1, -0.05) is 39.0 Å². The van der Waals surface area contributed by atoms with Crippen LogP contribution in [0.1, 0.15) is 66.2 Å². The maximum Gasteiger partial charge on any atom is 0.332 e. The van der Waals surface area contributed by atoms with E-state index >= 15 is 0 Å². The Bertz CT molecular complexity index is 233. The summed E-state index contributed by atoms with van der Waals surface area (Å²) in [5.41, 5.74) is -0.450. The van der Waals surface area contributed by atoms with Crippen molar-refractivity contribution in [2.75, 3.05) is 26.4 Å². The zero-order valence-corrected chi connectivity index (χ0v) is 13.7. The van der Waals surface area contributed by atoms with Gasteiger partial charge in [0.25, 0.3) is 0 Å². The van der Waals surface area contributed by atoms with E-state index in [1.54, 1.807) is 0 Å². The minimum absolute atomic E-state index is 0.00233. The summed E-state index contributed by atoms with van der Waals surface area (Å²) in [5, 5.41) is 0. The zero-order valence-electron chi connectivity index (χ0n) is 13.7. The number of hydrogen-bond donors (Lipinski definition) is 0. The zero-order chi connectivity index (χ0) is 15.3. The second-order valence-electron chi connectivity index (χ2n) is 6.02. The Morgan fingerprint density at radius 1 is 0.850 bits per heavy atom. The molecule has 20 heavy (non-hydrogen) atoms. The average Bonchev–Trinajstić information content (AvgIpc) is 2.34. The van der Waals surface area contributed by atoms with Crippen molar-refractivity contribution in [3.05, 3.63) is 0 Å². The predicted molar refractivity (Wildman–Crippen MR) is 80.9 cm³/mol. The third-order valence-electron chi connectivity index (χ3n) is 2.65. The summed E-state index contributed by atoms with van der Waals surface area (Å²) in [6.45, 7) is 9.50. The Morgan fingerprint density at radius 2 is 1.45 bits per heavy atom. The van der Waals surface area contributed by atoms with E-state index in [1.165, 1.54) is 32.1 Å². The van der Waals surface area contributed by atoms with E-state index in [0.717, 1.165) is 13.0 Å². The predicted octanol–water partition coefficient (Wildman–Crippen LogP) is 3.72. The molecule has 0 aliphatic carbocycles. The summed E-state index contributed by atoms with van der Waals surface area (Å²) >= 11 is 0. The minimum Gasteiger partial charge on any atom is -0.458 e. The lowest BCUT2D eigenvalue weighted by molar-refractivity contribution is -0.160. The van der Waals surface area contributed by atoms with Gasteiger partial charge < -0.3 is 14.2 Å². The molecule has 0 aliphatic rings. The van der Waals surface area contributed by atoms with E-state index in [4.69, 9.17) is 14.2 Å². The number of esters is 1. The van der Waals surface area contributed by atoms with Crippen LogP contribution in [-0.4, -0.2) is 38.0 Å². The van der Waals surface area contributed by atoms with E-state index in [9.17, 15) is 4.79 Å². The molecule has 0 aliphatic heterocycles. The summed E-state index contributed by atoms with van der Waals surface area (Å²) in [7, 11) is 0. The SMILES string of the molecule is CCCCCCCCOCCOCC(=O)OC(C)(C)C. The van der Waals surface area contributed by atoms with Crippen LogP contribution in [0.2, 0.25) is 0 Å². The van der Waals surface area contributed by atoms with Gasteiger partial charge in [0, 0.05) is 6.61 Å². The molecule has 0 heterocycles. The van der Waals surface area contributed by atoms with Gasteiger partial charge in [-0.3, -0.25) is 0 Å². The van der Waals surface area contributed by atoms with Crippen molar-refractivity contribution in [2.24, 2.45) is 0 Å². The first-order valence-electron chi connectivity index (χ1n) is 7.83. The second kappa shape index (κ2) is 12.2. The van der Waals surface area contributed by atoms with Gasteiger partial charge in [0.1, 0.15) is 12.2 Å². The molecule has 0 bridgehead atoms. The second-order valence-corrected chi connectivity index (χ2v) is 6.02. The summed E-state index contributed by atoms with van der Waals surface area (Å²) in [4.78, 5) is 11.3. The van der Waals surface area contributed by atoms with Gasteiger partial charge >= 0.3 is 5.97 Å². The molecule has 0 rings (SSSR count). The van der Waals surface area contributed by atoms with Crippen molar-refractivity contribution in [1.29, 1.82) is 0 Å². The summed E-state index contributed by atoms with van der Waals surface area (Å²) in [6, 6.07) is 0. The van der Waals surface area contributed by atoms with Crippen molar-refractivity contribution in [3.63, 3.8) is 0 Å². The van der Waals surface area contributed by atoms with Gasteiger partial charge in [0.15, 0.2) is 0 Å². The molecule has 0 aromatic rings. The smallest absolute Gasteiger partial charge is 0.332 e. The van der Waals surface area contributed by atoms with E-state index in [-0.39, 0.29) is 12.6 Å². The highest BCUT2D eigenvalue weighted by Crippen LogP contribution is 2.07. The largest absolute Gasteiger partial charge is 0.458 e. The first-order chi connectivity index (χ1) is 9.45. The van der Waals surface area contributed by atoms with Crippen molar-refractivity contribution in [2.45, 2.75) is 71.8 Å². The Morgan fingerprint density at radius 3 is 2.10 bits per heavy atom. The fourth-order valence-electron chi connectivity index (χ4n) is 1.73. The van der Waals surface area contributed by atoms with E-state index < -0.39 is 5.60 Å². The highest BCUT2D eigenvalue weighted by Gasteiger charge is 2.15. The fourth-order valence-corrected chi connectivity index (χ4v) is 1.73. The lowest BCUT2D eigenvalue weighted by Gasteiger charge is -2.19. The van der Waals surface area contributed by atoms with Gasteiger partial charge in [-0.25, -0.2) is 4.79 Å². The highest BCUT2D eigenvalue weighted by atomic mass is 16.6. The Hall–Kier alpha value is -0.610. The standard InChI is InChI=1S/C16H32O4/c1-5-6-7-8-9-10-11-18-12-13-19-14-15(17)20-16(2,3)4/h5-14H2,1-4H3. The first-order valence-corrected chi connectivity index (χ1v) is 7.83. The number of carbonyl (C=O) groups is 1. The van der Waals surface area contributed by atoms with Crippen molar-refractivity contribution in [1.82, 2.24) is 0 Å². The average molecular weight is 288 g/mol. The molecule has 0 atom stereocenters. The molecule has 0 aromatic heterocycles. The van der Waals surface area contributed by atoms with Crippen molar-refractivity contribution in [3.8, 4) is 0 Å². The maximum absolute atomic E-state index is 11.3. The summed E-state index contributed by atoms with van der Waals surface area (Å²) in [5.74, 6) is -0.326. The van der Waals surface area contributed by atoms with Gasteiger partial charge in [-0.2, -0.15) is 0 Å². The number of hydrogen-bond acceptors (Lipinski definition) is 4. The monoisotopic (exact) mass is 288 g/mol. The molecule has 4 heteroatoms. The first kappa shape index (κ1) is 19.4. The molecule has 0 fully saturated rings. The van der Waals surface area contributed by atoms with Gasteiger partial charge in [-0.05, 0) is 27.2 Å². The molecule has 0 saturated heterocycles. The Kier molecular flexibility index (Phi) is 11.8. The molecular weight excluding hydrogens is 256 g/mol. The third-order valence-corrected chi connectivity index (χ3v) is 2.65. The summed E-state index contributed by atoms with van der Waals surface area (Å²) < 4.78 is 15.8. The third kappa shape index (κ3) is 15.4. The van der Waals surface area contributed by atoms with Crippen molar-refractivity contribution < 1.29 is 19.0 Å². The molecule has 0 saturated carbocycles. The van der Waals surface area contributed by atoms with Crippen LogP contribution in [0.4, 0.5) is 0 Å². The van der Waals surface area contributed by atoms with E-state index in [2.05, 4.69) is 6.92 Å². The molecule has 0 spiro atoms. The van der Waals surface area contributed by atoms with Crippen LogP contribution in [0.15, 0.2) is 0 Å². The van der Waals surface area contributed by atoms with Crippen molar-refractivity contribution >= 4 is 5.97 Å².